The number of aliphatic hydroxyl groups is 1. The van der Waals surface area contributed by atoms with Gasteiger partial charge in [-0.05, 0) is 26.2 Å². The van der Waals surface area contributed by atoms with Crippen molar-refractivity contribution in [1.82, 2.24) is 0 Å². The molecule has 0 aromatic carbocycles. The van der Waals surface area contributed by atoms with Gasteiger partial charge in [0.25, 0.3) is 0 Å². The largest absolute Gasteiger partial charge is 0.384 e. The second kappa shape index (κ2) is 5.98. The Morgan fingerprint density at radius 1 is 1.62 bits per heavy atom. The maximum Gasteiger partial charge on any atom is 0.159 e. The minimum atomic E-state index is -0.157. The monoisotopic (exact) mass is 184 g/mol. The maximum absolute atomic E-state index is 8.46. The van der Waals surface area contributed by atoms with Crippen molar-refractivity contribution in [2.24, 2.45) is 0 Å². The van der Waals surface area contributed by atoms with E-state index in [0.29, 0.717) is 0 Å². The van der Waals surface area contributed by atoms with Crippen LogP contribution in [0.15, 0.2) is 0 Å². The summed E-state index contributed by atoms with van der Waals surface area (Å²) in [7, 11) is 0. The molecule has 0 spiro atoms. The number of hydrogen-bond acceptors (Lipinski definition) is 3. The van der Waals surface area contributed by atoms with Crippen molar-refractivity contribution in [1.29, 1.82) is 0 Å². The summed E-state index contributed by atoms with van der Waals surface area (Å²) in [4.78, 5) is 0. The third kappa shape index (κ3) is 4.28. The summed E-state index contributed by atoms with van der Waals surface area (Å²) in [6.07, 6.45) is 2.97. The van der Waals surface area contributed by atoms with E-state index in [1.807, 2.05) is 6.92 Å². The van der Waals surface area contributed by atoms with Gasteiger partial charge >= 0.3 is 0 Å². The van der Waals surface area contributed by atoms with Crippen LogP contribution in [-0.2, 0) is 9.47 Å². The van der Waals surface area contributed by atoms with E-state index in [-0.39, 0.29) is 19.0 Å². The molecule has 1 saturated heterocycles. The van der Waals surface area contributed by atoms with E-state index in [2.05, 4.69) is 11.8 Å². The molecule has 3 heteroatoms. The third-order valence-corrected chi connectivity index (χ3v) is 1.88. The first-order chi connectivity index (χ1) is 6.33. The lowest BCUT2D eigenvalue weighted by Crippen LogP contribution is -2.25. The first kappa shape index (κ1) is 10.5. The molecule has 0 amide bonds. The van der Waals surface area contributed by atoms with Crippen LogP contribution in [0, 0.1) is 11.8 Å². The van der Waals surface area contributed by atoms with E-state index in [0.717, 1.165) is 25.9 Å². The molecule has 1 rings (SSSR count). The predicted molar refractivity (Wildman–Crippen MR) is 49.0 cm³/mol. The molecule has 0 saturated carbocycles. The van der Waals surface area contributed by atoms with Crippen LogP contribution < -0.4 is 0 Å². The Bertz CT molecular complexity index is 186. The summed E-state index contributed by atoms with van der Waals surface area (Å²) >= 11 is 0. The fourth-order valence-corrected chi connectivity index (χ4v) is 1.27. The molecular formula is C10H16O3. The van der Waals surface area contributed by atoms with Crippen molar-refractivity contribution in [3.05, 3.63) is 0 Å². The molecule has 74 valence electrons. The van der Waals surface area contributed by atoms with Gasteiger partial charge in [0.2, 0.25) is 0 Å². The van der Waals surface area contributed by atoms with Crippen molar-refractivity contribution in [2.45, 2.75) is 38.6 Å². The van der Waals surface area contributed by atoms with Gasteiger partial charge in [0.15, 0.2) is 6.29 Å². The zero-order valence-electron chi connectivity index (χ0n) is 7.95. The normalized spacial score (nSPS) is 24.6. The highest BCUT2D eigenvalue weighted by Gasteiger charge is 2.15. The quantitative estimate of drug-likeness (QED) is 0.648. The summed E-state index contributed by atoms with van der Waals surface area (Å²) < 4.78 is 10.9. The highest BCUT2D eigenvalue weighted by molar-refractivity contribution is 5.03. The molecule has 1 fully saturated rings. The molecule has 1 aliphatic rings. The Balaban J connectivity index is 2.21. The lowest BCUT2D eigenvalue weighted by molar-refractivity contribution is -0.173. The summed E-state index contributed by atoms with van der Waals surface area (Å²) in [5.74, 6) is 5.34. The lowest BCUT2D eigenvalue weighted by atomic mass is 10.2. The number of ether oxygens (including phenoxy) is 2. The molecule has 0 aromatic heterocycles. The Morgan fingerprint density at radius 3 is 3.08 bits per heavy atom. The molecule has 2 atom stereocenters. The first-order valence-electron chi connectivity index (χ1n) is 4.69. The average Bonchev–Trinajstić information content (AvgIpc) is 2.16. The van der Waals surface area contributed by atoms with E-state index in [9.17, 15) is 0 Å². The fourth-order valence-electron chi connectivity index (χ4n) is 1.27. The van der Waals surface area contributed by atoms with Crippen LogP contribution in [0.5, 0.6) is 0 Å². The van der Waals surface area contributed by atoms with Gasteiger partial charge in [0.1, 0.15) is 12.7 Å². The fraction of sp³-hybridized carbons (Fsp3) is 0.800. The molecule has 0 aromatic rings. The van der Waals surface area contributed by atoms with Gasteiger partial charge in [-0.2, -0.15) is 0 Å². The van der Waals surface area contributed by atoms with Crippen LogP contribution in [0.1, 0.15) is 26.2 Å². The molecule has 0 radical (unpaired) electrons. The topological polar surface area (TPSA) is 38.7 Å². The molecule has 0 aliphatic carbocycles. The second-order valence-corrected chi connectivity index (χ2v) is 3.05. The highest BCUT2D eigenvalue weighted by Crippen LogP contribution is 2.14. The minimum absolute atomic E-state index is 0.100. The molecule has 0 bridgehead atoms. The van der Waals surface area contributed by atoms with Crippen LogP contribution >= 0.6 is 0 Å². The average molecular weight is 184 g/mol. The van der Waals surface area contributed by atoms with Gasteiger partial charge in [-0.25, -0.2) is 0 Å². The molecule has 1 N–H and O–H groups in total. The van der Waals surface area contributed by atoms with E-state index in [1.165, 1.54) is 0 Å². The predicted octanol–water partition coefficient (Wildman–Crippen LogP) is 0.914. The van der Waals surface area contributed by atoms with Gasteiger partial charge in [0, 0.05) is 6.61 Å². The van der Waals surface area contributed by atoms with Crippen molar-refractivity contribution in [3.8, 4) is 11.8 Å². The summed E-state index contributed by atoms with van der Waals surface area (Å²) in [6, 6.07) is 0. The summed E-state index contributed by atoms with van der Waals surface area (Å²) in [5.41, 5.74) is 0. The molecule has 0 unspecified atom stereocenters. The van der Waals surface area contributed by atoms with Crippen molar-refractivity contribution in [3.63, 3.8) is 0 Å². The van der Waals surface area contributed by atoms with Crippen LogP contribution in [0.2, 0.25) is 0 Å². The Labute approximate surface area is 79.0 Å². The van der Waals surface area contributed by atoms with Crippen LogP contribution in [0.4, 0.5) is 0 Å². The van der Waals surface area contributed by atoms with Crippen molar-refractivity contribution >= 4 is 0 Å². The van der Waals surface area contributed by atoms with Crippen molar-refractivity contribution in [2.75, 3.05) is 13.2 Å². The number of rotatable bonds is 2. The molecule has 1 aliphatic heterocycles. The van der Waals surface area contributed by atoms with E-state index in [4.69, 9.17) is 14.6 Å². The van der Waals surface area contributed by atoms with Gasteiger partial charge in [-0.15, -0.1) is 0 Å². The SMILES string of the molecule is C[C@H](C#CCO)O[C@@H]1CCCCO1. The second-order valence-electron chi connectivity index (χ2n) is 3.05. The Morgan fingerprint density at radius 2 is 2.46 bits per heavy atom. The van der Waals surface area contributed by atoms with E-state index < -0.39 is 0 Å². The van der Waals surface area contributed by atoms with E-state index >= 15 is 0 Å². The summed E-state index contributed by atoms with van der Waals surface area (Å²) in [5, 5.41) is 8.46. The summed E-state index contributed by atoms with van der Waals surface area (Å²) in [6.45, 7) is 2.53. The number of aliphatic hydroxyl groups excluding tert-OH is 1. The smallest absolute Gasteiger partial charge is 0.159 e. The highest BCUT2D eigenvalue weighted by atomic mass is 16.7. The first-order valence-corrected chi connectivity index (χ1v) is 4.69. The van der Waals surface area contributed by atoms with Crippen molar-refractivity contribution < 1.29 is 14.6 Å². The van der Waals surface area contributed by atoms with Crippen LogP contribution in [-0.4, -0.2) is 30.7 Å². The molecule has 3 nitrogen and oxygen atoms in total. The Hall–Kier alpha value is -0.560. The van der Waals surface area contributed by atoms with E-state index in [1.54, 1.807) is 0 Å². The maximum atomic E-state index is 8.46. The molecular weight excluding hydrogens is 168 g/mol. The molecule has 13 heavy (non-hydrogen) atoms. The standard InChI is InChI=1S/C10H16O3/c1-9(5-4-7-11)13-10-6-2-3-8-12-10/h9-11H,2-3,6-8H2,1H3/t9-,10-/m1/s1. The van der Waals surface area contributed by atoms with Crippen LogP contribution in [0.25, 0.3) is 0 Å². The lowest BCUT2D eigenvalue weighted by Gasteiger charge is -2.23. The number of hydrogen-bond donors (Lipinski definition) is 1. The third-order valence-electron chi connectivity index (χ3n) is 1.88. The van der Waals surface area contributed by atoms with Gasteiger partial charge in [-0.1, -0.05) is 11.8 Å². The zero-order valence-corrected chi connectivity index (χ0v) is 7.95. The molecule has 1 heterocycles. The minimum Gasteiger partial charge on any atom is -0.384 e. The van der Waals surface area contributed by atoms with Crippen LogP contribution in [0.3, 0.4) is 0 Å². The van der Waals surface area contributed by atoms with Gasteiger partial charge < -0.3 is 14.6 Å². The zero-order chi connectivity index (χ0) is 9.52. The Kier molecular flexibility index (Phi) is 4.84. The van der Waals surface area contributed by atoms with Gasteiger partial charge in [-0.3, -0.25) is 0 Å². The van der Waals surface area contributed by atoms with Gasteiger partial charge in [0.05, 0.1) is 0 Å².